The number of hydrogen-bond donors (Lipinski definition) is 3. The Bertz CT molecular complexity index is 494. The number of carbonyl (C=O) groups excluding carboxylic acids is 1. The third-order valence-electron chi connectivity index (χ3n) is 2.65. The van der Waals surface area contributed by atoms with E-state index >= 15 is 0 Å². The van der Waals surface area contributed by atoms with Crippen LogP contribution in [0, 0.1) is 0 Å². The lowest BCUT2D eigenvalue weighted by molar-refractivity contribution is -0.121. The van der Waals surface area contributed by atoms with Gasteiger partial charge in [0, 0.05) is 22.3 Å². The quantitative estimate of drug-likeness (QED) is 0.376. The zero-order valence-corrected chi connectivity index (χ0v) is 17.1. The molecule has 1 heterocycles. The van der Waals surface area contributed by atoms with Crippen molar-refractivity contribution < 1.29 is 4.79 Å². The Kier molecular flexibility index (Phi) is 9.66. The highest BCUT2D eigenvalue weighted by Gasteiger charge is 2.13. The Morgan fingerprint density at radius 3 is 2.36 bits per heavy atom. The Labute approximate surface area is 154 Å². The van der Waals surface area contributed by atoms with Crippen molar-refractivity contribution in [3.05, 3.63) is 21.9 Å². The molecule has 0 aliphatic carbocycles. The highest BCUT2D eigenvalue weighted by Crippen LogP contribution is 2.16. The average molecular weight is 438 g/mol. The zero-order chi connectivity index (χ0) is 15.9. The van der Waals surface area contributed by atoms with E-state index in [0.717, 1.165) is 6.42 Å². The van der Waals surface area contributed by atoms with E-state index in [1.54, 1.807) is 18.4 Å². The number of rotatable bonds is 5. The lowest BCUT2D eigenvalue weighted by Crippen LogP contribution is -2.48. The van der Waals surface area contributed by atoms with Crippen molar-refractivity contribution in [3.63, 3.8) is 0 Å². The second-order valence-electron chi connectivity index (χ2n) is 5.80. The maximum Gasteiger partial charge on any atom is 0.239 e. The Balaban J connectivity index is 0.00000441. The molecule has 0 aliphatic heterocycles. The highest BCUT2D eigenvalue weighted by atomic mass is 127. The van der Waals surface area contributed by atoms with Crippen LogP contribution in [0.15, 0.2) is 17.1 Å². The first-order chi connectivity index (χ1) is 9.84. The minimum atomic E-state index is -0.219. The number of nitrogens with one attached hydrogen (secondary N) is 3. The molecule has 0 atom stereocenters. The van der Waals surface area contributed by atoms with Crippen LogP contribution in [0.5, 0.6) is 0 Å². The fourth-order valence-electron chi connectivity index (χ4n) is 1.73. The SMILES string of the molecule is CCc1ccc(CNC(=NC)NCC(=O)NC(C)(C)C)s1.I. The van der Waals surface area contributed by atoms with Crippen LogP contribution in [0.1, 0.15) is 37.4 Å². The summed E-state index contributed by atoms with van der Waals surface area (Å²) in [5.41, 5.74) is -0.219. The van der Waals surface area contributed by atoms with Crippen LogP contribution in [0.2, 0.25) is 0 Å². The summed E-state index contributed by atoms with van der Waals surface area (Å²) in [6.07, 6.45) is 1.06. The first-order valence-electron chi connectivity index (χ1n) is 7.17. The molecule has 0 saturated heterocycles. The summed E-state index contributed by atoms with van der Waals surface area (Å²) in [6, 6.07) is 4.27. The first-order valence-corrected chi connectivity index (χ1v) is 7.99. The predicted octanol–water partition coefficient (Wildman–Crippen LogP) is 2.51. The molecule has 5 nitrogen and oxygen atoms in total. The Morgan fingerprint density at radius 1 is 1.23 bits per heavy atom. The van der Waals surface area contributed by atoms with E-state index < -0.39 is 0 Å². The number of nitrogens with zero attached hydrogens (tertiary/aromatic N) is 1. The molecule has 1 rings (SSSR count). The van der Waals surface area contributed by atoms with E-state index in [1.165, 1.54) is 9.75 Å². The van der Waals surface area contributed by atoms with Crippen LogP contribution in [0.3, 0.4) is 0 Å². The Hall–Kier alpha value is -0.830. The molecule has 126 valence electrons. The van der Waals surface area contributed by atoms with Crippen molar-refractivity contribution in [2.75, 3.05) is 13.6 Å². The van der Waals surface area contributed by atoms with Gasteiger partial charge in [-0.25, -0.2) is 0 Å². The number of halogens is 1. The summed E-state index contributed by atoms with van der Waals surface area (Å²) in [7, 11) is 1.70. The monoisotopic (exact) mass is 438 g/mol. The molecule has 0 radical (unpaired) electrons. The zero-order valence-electron chi connectivity index (χ0n) is 13.9. The van der Waals surface area contributed by atoms with E-state index in [1.807, 2.05) is 20.8 Å². The van der Waals surface area contributed by atoms with Crippen LogP contribution in [0.25, 0.3) is 0 Å². The lowest BCUT2D eigenvalue weighted by atomic mass is 10.1. The van der Waals surface area contributed by atoms with Crippen LogP contribution in [-0.4, -0.2) is 31.0 Å². The van der Waals surface area contributed by atoms with Crippen molar-refractivity contribution in [3.8, 4) is 0 Å². The molecule has 1 aromatic rings. The molecule has 3 N–H and O–H groups in total. The van der Waals surface area contributed by atoms with Crippen molar-refractivity contribution in [2.24, 2.45) is 4.99 Å². The van der Waals surface area contributed by atoms with Gasteiger partial charge in [-0.05, 0) is 39.3 Å². The second kappa shape index (κ2) is 10.0. The number of amides is 1. The number of carbonyl (C=O) groups is 1. The number of thiophene rings is 1. The summed E-state index contributed by atoms with van der Waals surface area (Å²) in [6.45, 7) is 8.95. The van der Waals surface area contributed by atoms with E-state index in [0.29, 0.717) is 12.5 Å². The summed E-state index contributed by atoms with van der Waals surface area (Å²) in [4.78, 5) is 18.5. The molecule has 0 bridgehead atoms. The maximum atomic E-state index is 11.7. The number of aliphatic imine (C=N–C) groups is 1. The minimum Gasteiger partial charge on any atom is -0.352 e. The molecule has 0 aliphatic rings. The topological polar surface area (TPSA) is 65.5 Å². The van der Waals surface area contributed by atoms with E-state index in [-0.39, 0.29) is 42.0 Å². The van der Waals surface area contributed by atoms with Gasteiger partial charge in [-0.2, -0.15) is 0 Å². The third-order valence-corrected chi connectivity index (χ3v) is 3.88. The summed E-state index contributed by atoms with van der Waals surface area (Å²) in [5, 5.41) is 9.13. The van der Waals surface area contributed by atoms with Gasteiger partial charge in [0.2, 0.25) is 5.91 Å². The van der Waals surface area contributed by atoms with Gasteiger partial charge in [-0.3, -0.25) is 9.79 Å². The molecule has 0 aromatic carbocycles. The first kappa shape index (κ1) is 21.2. The van der Waals surface area contributed by atoms with Crippen molar-refractivity contribution >= 4 is 47.2 Å². The molecule has 7 heteroatoms. The molecule has 0 unspecified atom stereocenters. The lowest BCUT2D eigenvalue weighted by Gasteiger charge is -2.21. The molecule has 1 amide bonds. The smallest absolute Gasteiger partial charge is 0.239 e. The molecule has 0 spiro atoms. The number of guanidine groups is 1. The van der Waals surface area contributed by atoms with Gasteiger partial charge < -0.3 is 16.0 Å². The highest BCUT2D eigenvalue weighted by molar-refractivity contribution is 14.0. The maximum absolute atomic E-state index is 11.7. The molecular formula is C15H27IN4OS. The van der Waals surface area contributed by atoms with Gasteiger partial charge in [-0.15, -0.1) is 35.3 Å². The summed E-state index contributed by atoms with van der Waals surface area (Å²) < 4.78 is 0. The number of aryl methyl sites for hydroxylation is 1. The number of hydrogen-bond acceptors (Lipinski definition) is 3. The van der Waals surface area contributed by atoms with Gasteiger partial charge in [0.25, 0.3) is 0 Å². The molecule has 0 saturated carbocycles. The van der Waals surface area contributed by atoms with Crippen molar-refractivity contribution in [2.45, 2.75) is 46.2 Å². The van der Waals surface area contributed by atoms with Gasteiger partial charge in [0.05, 0.1) is 13.1 Å². The van der Waals surface area contributed by atoms with Crippen LogP contribution in [-0.2, 0) is 17.8 Å². The van der Waals surface area contributed by atoms with Gasteiger partial charge in [0.1, 0.15) is 0 Å². The molecule has 1 aromatic heterocycles. The van der Waals surface area contributed by atoms with Gasteiger partial charge in [-0.1, -0.05) is 6.92 Å². The predicted molar refractivity (Wildman–Crippen MR) is 105 cm³/mol. The standard InChI is InChI=1S/C15H26N4OS.HI/c1-6-11-7-8-12(21-11)9-17-14(16-5)18-10-13(20)19-15(2,3)4;/h7-8H,6,9-10H2,1-5H3,(H,19,20)(H2,16,17,18);1H. The van der Waals surface area contributed by atoms with E-state index in [2.05, 4.69) is 40.0 Å². The largest absolute Gasteiger partial charge is 0.352 e. The van der Waals surface area contributed by atoms with Crippen LogP contribution < -0.4 is 16.0 Å². The van der Waals surface area contributed by atoms with Crippen molar-refractivity contribution in [1.29, 1.82) is 0 Å². The summed E-state index contributed by atoms with van der Waals surface area (Å²) >= 11 is 1.79. The minimum absolute atomic E-state index is 0. The van der Waals surface area contributed by atoms with Gasteiger partial charge >= 0.3 is 0 Å². The van der Waals surface area contributed by atoms with E-state index in [9.17, 15) is 4.79 Å². The van der Waals surface area contributed by atoms with Crippen LogP contribution >= 0.6 is 35.3 Å². The fraction of sp³-hybridized carbons (Fsp3) is 0.600. The van der Waals surface area contributed by atoms with E-state index in [4.69, 9.17) is 0 Å². The summed E-state index contributed by atoms with van der Waals surface area (Å²) in [5.74, 6) is 0.584. The fourth-order valence-corrected chi connectivity index (χ4v) is 2.62. The second-order valence-corrected chi connectivity index (χ2v) is 7.05. The third kappa shape index (κ3) is 8.57. The molecule has 0 fully saturated rings. The molecular weight excluding hydrogens is 411 g/mol. The molecule has 22 heavy (non-hydrogen) atoms. The normalized spacial score (nSPS) is 11.6. The average Bonchev–Trinajstić information content (AvgIpc) is 2.85. The van der Waals surface area contributed by atoms with Crippen LogP contribution in [0.4, 0.5) is 0 Å². The Morgan fingerprint density at radius 2 is 1.86 bits per heavy atom. The van der Waals surface area contributed by atoms with Gasteiger partial charge in [0.15, 0.2) is 5.96 Å². The van der Waals surface area contributed by atoms with Crippen molar-refractivity contribution in [1.82, 2.24) is 16.0 Å².